The van der Waals surface area contributed by atoms with Crippen LogP contribution >= 0.6 is 0 Å². The van der Waals surface area contributed by atoms with Gasteiger partial charge in [0.05, 0.1) is 19.8 Å². The van der Waals surface area contributed by atoms with E-state index in [0.717, 1.165) is 43.7 Å². The molecule has 6 heteroatoms. The predicted octanol–water partition coefficient (Wildman–Crippen LogP) is 2.71. The molecule has 134 valence electrons. The van der Waals surface area contributed by atoms with E-state index in [1.54, 1.807) is 26.4 Å². The highest BCUT2D eigenvalue weighted by Crippen LogP contribution is 2.35. The van der Waals surface area contributed by atoms with E-state index < -0.39 is 0 Å². The molecule has 0 spiro atoms. The summed E-state index contributed by atoms with van der Waals surface area (Å²) in [5.41, 5.74) is 3.29. The van der Waals surface area contributed by atoms with E-state index in [4.69, 9.17) is 14.5 Å². The van der Waals surface area contributed by atoms with Crippen LogP contribution in [0.3, 0.4) is 0 Å². The summed E-state index contributed by atoms with van der Waals surface area (Å²) in [5.74, 6) is 2.35. The molecule has 25 heavy (non-hydrogen) atoms. The number of hydrogen-bond donors (Lipinski definition) is 1. The van der Waals surface area contributed by atoms with Crippen molar-refractivity contribution in [1.82, 2.24) is 14.9 Å². The van der Waals surface area contributed by atoms with Crippen LogP contribution in [0.15, 0.2) is 18.3 Å². The molecule has 6 nitrogen and oxygen atoms in total. The number of ether oxygens (including phenoxy) is 2. The topological polar surface area (TPSA) is 67.7 Å². The van der Waals surface area contributed by atoms with Crippen molar-refractivity contribution >= 4 is 0 Å². The zero-order chi connectivity index (χ0) is 17.8. The maximum atomic E-state index is 9.80. The molecule has 1 aromatic heterocycles. The number of benzene rings is 1. The molecule has 0 radical (unpaired) electrons. The average Bonchev–Trinajstić information content (AvgIpc) is 2.63. The lowest BCUT2D eigenvalue weighted by molar-refractivity contribution is 0.234. The summed E-state index contributed by atoms with van der Waals surface area (Å²) in [6.07, 6.45) is 4.87. The minimum Gasteiger partial charge on any atom is -0.508 e. The second kappa shape index (κ2) is 7.70. The quantitative estimate of drug-likeness (QED) is 0.870. The third kappa shape index (κ3) is 3.85. The Labute approximate surface area is 148 Å². The van der Waals surface area contributed by atoms with Gasteiger partial charge < -0.3 is 14.6 Å². The molecule has 2 aromatic rings. The molecule has 0 amide bonds. The zero-order valence-corrected chi connectivity index (χ0v) is 15.1. The van der Waals surface area contributed by atoms with Crippen molar-refractivity contribution in [1.29, 1.82) is 0 Å². The highest BCUT2D eigenvalue weighted by atomic mass is 16.5. The van der Waals surface area contributed by atoms with Crippen molar-refractivity contribution in [2.24, 2.45) is 0 Å². The van der Waals surface area contributed by atoms with Gasteiger partial charge in [-0.05, 0) is 6.42 Å². The largest absolute Gasteiger partial charge is 0.508 e. The van der Waals surface area contributed by atoms with Crippen LogP contribution in [0, 0.1) is 0 Å². The first-order valence-corrected chi connectivity index (χ1v) is 8.64. The molecular weight excluding hydrogens is 318 g/mol. The predicted molar refractivity (Wildman–Crippen MR) is 95.1 cm³/mol. The van der Waals surface area contributed by atoms with Crippen LogP contribution in [0.2, 0.25) is 0 Å². The van der Waals surface area contributed by atoms with Gasteiger partial charge in [-0.25, -0.2) is 9.97 Å². The maximum absolute atomic E-state index is 9.80. The number of phenolic OH excluding ortho intramolecular Hbond substituents is 1. The molecule has 0 unspecified atom stereocenters. The molecule has 0 atom stereocenters. The van der Waals surface area contributed by atoms with Gasteiger partial charge in [-0.2, -0.15) is 0 Å². The fourth-order valence-electron chi connectivity index (χ4n) is 3.24. The Morgan fingerprint density at radius 3 is 2.56 bits per heavy atom. The number of hydrogen-bond acceptors (Lipinski definition) is 6. The Morgan fingerprint density at radius 1 is 1.20 bits per heavy atom. The Hall–Kier alpha value is -2.34. The van der Waals surface area contributed by atoms with E-state index in [1.165, 1.54) is 11.3 Å². The number of aryl methyl sites for hydroxylation is 1. The van der Waals surface area contributed by atoms with Crippen LogP contribution < -0.4 is 9.47 Å². The standard InChI is InChI=1S/C19H25N3O3/c1-4-5-19-20-10-13-11-22(7-6-16(13)21-19)12-15-17(24-2)8-14(23)9-18(15)25-3/h8-10,23H,4-7,11-12H2,1-3H3. The number of aromatic nitrogens is 2. The van der Waals surface area contributed by atoms with E-state index in [9.17, 15) is 5.11 Å². The Kier molecular flexibility index (Phi) is 5.38. The Bertz CT molecular complexity index is 724. The van der Waals surface area contributed by atoms with E-state index in [-0.39, 0.29) is 5.75 Å². The summed E-state index contributed by atoms with van der Waals surface area (Å²) in [6.45, 7) is 4.55. The van der Waals surface area contributed by atoms with E-state index in [1.807, 2.05) is 6.20 Å². The molecule has 1 aliphatic rings. The number of phenols is 1. The number of nitrogens with zero attached hydrogens (tertiary/aromatic N) is 3. The Morgan fingerprint density at radius 2 is 1.92 bits per heavy atom. The number of methoxy groups -OCH3 is 2. The third-order valence-electron chi connectivity index (χ3n) is 4.51. The van der Waals surface area contributed by atoms with E-state index >= 15 is 0 Å². The second-order valence-electron chi connectivity index (χ2n) is 6.30. The highest BCUT2D eigenvalue weighted by Gasteiger charge is 2.22. The van der Waals surface area contributed by atoms with Gasteiger partial charge in [0.1, 0.15) is 23.1 Å². The fraction of sp³-hybridized carbons (Fsp3) is 0.474. The second-order valence-corrected chi connectivity index (χ2v) is 6.30. The number of fused-ring (bicyclic) bond motifs is 1. The van der Waals surface area contributed by atoms with E-state index in [0.29, 0.717) is 18.0 Å². The summed E-state index contributed by atoms with van der Waals surface area (Å²) < 4.78 is 10.9. The molecule has 1 aromatic carbocycles. The first-order valence-electron chi connectivity index (χ1n) is 8.64. The first kappa shape index (κ1) is 17.5. The van der Waals surface area contributed by atoms with Crippen molar-refractivity contribution in [3.63, 3.8) is 0 Å². The Balaban J connectivity index is 1.79. The zero-order valence-electron chi connectivity index (χ0n) is 15.1. The molecule has 1 N–H and O–H groups in total. The summed E-state index contributed by atoms with van der Waals surface area (Å²) in [5, 5.41) is 9.80. The molecule has 0 bridgehead atoms. The van der Waals surface area contributed by atoms with Gasteiger partial charge in [0.15, 0.2) is 0 Å². The lowest BCUT2D eigenvalue weighted by Gasteiger charge is -2.29. The molecule has 0 saturated carbocycles. The van der Waals surface area contributed by atoms with Crippen molar-refractivity contribution < 1.29 is 14.6 Å². The van der Waals surface area contributed by atoms with Gasteiger partial charge in [-0.15, -0.1) is 0 Å². The van der Waals surface area contributed by atoms with Crippen molar-refractivity contribution in [2.45, 2.75) is 39.3 Å². The van der Waals surface area contributed by atoms with Crippen LogP contribution in [0.1, 0.15) is 36.0 Å². The minimum atomic E-state index is 0.137. The van der Waals surface area contributed by atoms with Gasteiger partial charge in [0.25, 0.3) is 0 Å². The molecule has 0 aliphatic carbocycles. The molecule has 2 heterocycles. The smallest absolute Gasteiger partial charge is 0.130 e. The molecular formula is C19H25N3O3. The summed E-state index contributed by atoms with van der Waals surface area (Å²) >= 11 is 0. The minimum absolute atomic E-state index is 0.137. The lowest BCUT2D eigenvalue weighted by Crippen LogP contribution is -2.31. The summed E-state index contributed by atoms with van der Waals surface area (Å²) in [6, 6.07) is 3.24. The highest BCUT2D eigenvalue weighted by molar-refractivity contribution is 5.50. The van der Waals surface area contributed by atoms with Crippen LogP contribution in [-0.4, -0.2) is 40.7 Å². The summed E-state index contributed by atoms with van der Waals surface area (Å²) in [4.78, 5) is 11.5. The number of aromatic hydroxyl groups is 1. The van der Waals surface area contributed by atoms with Gasteiger partial charge in [0, 0.05) is 62.1 Å². The summed E-state index contributed by atoms with van der Waals surface area (Å²) in [7, 11) is 3.21. The normalized spacial score (nSPS) is 14.2. The molecule has 3 rings (SSSR count). The van der Waals surface area contributed by atoms with Gasteiger partial charge in [0.2, 0.25) is 0 Å². The number of rotatable bonds is 6. The monoisotopic (exact) mass is 343 g/mol. The first-order chi connectivity index (χ1) is 12.1. The van der Waals surface area contributed by atoms with Gasteiger partial charge in [-0.3, -0.25) is 4.90 Å². The van der Waals surface area contributed by atoms with Crippen molar-refractivity contribution in [3.8, 4) is 17.2 Å². The van der Waals surface area contributed by atoms with Crippen molar-refractivity contribution in [2.75, 3.05) is 20.8 Å². The van der Waals surface area contributed by atoms with Crippen LogP contribution in [0.5, 0.6) is 17.2 Å². The van der Waals surface area contributed by atoms with Crippen LogP contribution in [0.25, 0.3) is 0 Å². The SMILES string of the molecule is CCCc1ncc2c(n1)CCN(Cc1c(OC)cc(O)cc1OC)C2. The average molecular weight is 343 g/mol. The molecule has 0 saturated heterocycles. The van der Waals surface area contributed by atoms with Gasteiger partial charge in [-0.1, -0.05) is 6.92 Å². The molecule has 0 fully saturated rings. The lowest BCUT2D eigenvalue weighted by atomic mass is 10.1. The third-order valence-corrected chi connectivity index (χ3v) is 4.51. The van der Waals surface area contributed by atoms with Crippen LogP contribution in [-0.2, 0) is 25.9 Å². The molecule has 1 aliphatic heterocycles. The van der Waals surface area contributed by atoms with Gasteiger partial charge >= 0.3 is 0 Å². The van der Waals surface area contributed by atoms with Crippen molar-refractivity contribution in [3.05, 3.63) is 41.0 Å². The maximum Gasteiger partial charge on any atom is 0.130 e. The van der Waals surface area contributed by atoms with E-state index in [2.05, 4.69) is 16.8 Å². The van der Waals surface area contributed by atoms with Crippen LogP contribution in [0.4, 0.5) is 0 Å². The fourth-order valence-corrected chi connectivity index (χ4v) is 3.24.